The highest BCUT2D eigenvalue weighted by molar-refractivity contribution is 5.78. The van der Waals surface area contributed by atoms with E-state index >= 15 is 0 Å². The van der Waals surface area contributed by atoms with E-state index in [9.17, 15) is 4.79 Å². The minimum atomic E-state index is -0.149. The Labute approximate surface area is 112 Å². The number of ether oxygens (including phenoxy) is 1. The van der Waals surface area contributed by atoms with Crippen LogP contribution in [0.25, 0.3) is 0 Å². The smallest absolute Gasteiger partial charge is 0.260 e. The molecule has 0 heterocycles. The minimum Gasteiger partial charge on any atom is -0.482 e. The van der Waals surface area contributed by atoms with E-state index < -0.39 is 0 Å². The topological polar surface area (TPSA) is 73.6 Å². The van der Waals surface area contributed by atoms with Crippen LogP contribution in [0.1, 0.15) is 18.4 Å². The first kappa shape index (κ1) is 13.4. The molecule has 1 aromatic carbocycles. The Hall–Kier alpha value is -2.06. The molecule has 5 heteroatoms. The Kier molecular flexibility index (Phi) is 4.37. The molecule has 1 amide bonds. The lowest BCUT2D eigenvalue weighted by molar-refractivity contribution is -0.134. The molecule has 1 aromatic rings. The summed E-state index contributed by atoms with van der Waals surface area (Å²) in [6, 6.07) is 9.08. The first-order chi connectivity index (χ1) is 9.26. The first-order valence-corrected chi connectivity index (χ1v) is 6.28. The zero-order valence-corrected chi connectivity index (χ0v) is 10.6. The molecule has 1 saturated carbocycles. The van der Waals surface area contributed by atoms with Gasteiger partial charge in [0.05, 0.1) is 12.2 Å². The van der Waals surface area contributed by atoms with Crippen LogP contribution in [-0.4, -0.2) is 41.7 Å². The van der Waals surface area contributed by atoms with Crippen LogP contribution in [0.2, 0.25) is 0 Å². The average Bonchev–Trinajstić information content (AvgIpc) is 3.27. The molecule has 100 valence electrons. The molecule has 0 aliphatic heterocycles. The van der Waals surface area contributed by atoms with Crippen molar-refractivity contribution in [3.05, 3.63) is 29.8 Å². The van der Waals surface area contributed by atoms with Crippen molar-refractivity contribution in [1.82, 2.24) is 4.90 Å². The van der Waals surface area contributed by atoms with Crippen LogP contribution in [0, 0.1) is 11.3 Å². The fraction of sp³-hybridized carbons (Fsp3) is 0.429. The summed E-state index contributed by atoms with van der Waals surface area (Å²) in [4.78, 5) is 13.6. The van der Waals surface area contributed by atoms with E-state index in [2.05, 4.69) is 0 Å². The van der Waals surface area contributed by atoms with E-state index in [0.717, 1.165) is 12.8 Å². The van der Waals surface area contributed by atoms with E-state index in [1.54, 1.807) is 29.2 Å². The van der Waals surface area contributed by atoms with Crippen molar-refractivity contribution >= 4 is 5.91 Å². The maximum atomic E-state index is 12.0. The number of carbonyl (C=O) groups excluding carboxylic acids is 1. The van der Waals surface area contributed by atoms with Crippen molar-refractivity contribution < 1.29 is 14.6 Å². The van der Waals surface area contributed by atoms with Gasteiger partial charge in [-0.2, -0.15) is 5.26 Å². The van der Waals surface area contributed by atoms with Gasteiger partial charge in [0.2, 0.25) is 0 Å². The van der Waals surface area contributed by atoms with Gasteiger partial charge in [-0.3, -0.25) is 4.79 Å². The predicted octanol–water partition coefficient (Wildman–Crippen LogP) is 0.920. The molecule has 0 spiro atoms. The average molecular weight is 260 g/mol. The summed E-state index contributed by atoms with van der Waals surface area (Å²) < 4.78 is 5.40. The number of hydrogen-bond donors (Lipinski definition) is 1. The Morgan fingerprint density at radius 1 is 1.47 bits per heavy atom. The van der Waals surface area contributed by atoms with Gasteiger partial charge in [-0.25, -0.2) is 0 Å². The number of benzene rings is 1. The fourth-order valence-electron chi connectivity index (χ4n) is 1.91. The van der Waals surface area contributed by atoms with E-state index in [-0.39, 0.29) is 25.2 Å². The van der Waals surface area contributed by atoms with Gasteiger partial charge in [0.25, 0.3) is 5.91 Å². The quantitative estimate of drug-likeness (QED) is 0.825. The van der Waals surface area contributed by atoms with Crippen molar-refractivity contribution in [3.8, 4) is 11.8 Å². The third-order valence-corrected chi connectivity index (χ3v) is 3.01. The number of carbonyl (C=O) groups is 1. The number of rotatable bonds is 6. The molecule has 5 nitrogen and oxygen atoms in total. The summed E-state index contributed by atoms with van der Waals surface area (Å²) in [6.07, 6.45) is 1.97. The van der Waals surface area contributed by atoms with Crippen molar-refractivity contribution in [2.75, 3.05) is 19.8 Å². The van der Waals surface area contributed by atoms with E-state index in [1.807, 2.05) is 6.07 Å². The number of para-hydroxylation sites is 1. The first-order valence-electron chi connectivity index (χ1n) is 6.28. The number of aliphatic hydroxyl groups excluding tert-OH is 1. The number of nitriles is 1. The summed E-state index contributed by atoms with van der Waals surface area (Å²) in [5.74, 6) is 0.266. The normalized spacial score (nSPS) is 13.7. The van der Waals surface area contributed by atoms with Gasteiger partial charge in [-0.05, 0) is 25.0 Å². The monoisotopic (exact) mass is 260 g/mol. The molecular weight excluding hydrogens is 244 g/mol. The van der Waals surface area contributed by atoms with E-state index in [1.165, 1.54) is 0 Å². The molecule has 0 atom stereocenters. The maximum Gasteiger partial charge on any atom is 0.260 e. The lowest BCUT2D eigenvalue weighted by atomic mass is 10.2. The molecule has 1 aliphatic rings. The molecule has 0 saturated heterocycles. The van der Waals surface area contributed by atoms with Crippen molar-refractivity contribution in [1.29, 1.82) is 5.26 Å². The van der Waals surface area contributed by atoms with Crippen LogP contribution in [0.5, 0.6) is 5.75 Å². The Morgan fingerprint density at radius 2 is 2.21 bits per heavy atom. The molecule has 0 unspecified atom stereocenters. The Bertz CT molecular complexity index is 492. The molecule has 2 rings (SSSR count). The fourth-order valence-corrected chi connectivity index (χ4v) is 1.91. The van der Waals surface area contributed by atoms with Crippen molar-refractivity contribution in [2.45, 2.75) is 18.9 Å². The number of aliphatic hydroxyl groups is 1. The van der Waals surface area contributed by atoms with Crippen LogP contribution < -0.4 is 4.74 Å². The molecule has 1 N–H and O–H groups in total. The molecule has 19 heavy (non-hydrogen) atoms. The van der Waals surface area contributed by atoms with Crippen LogP contribution in [0.4, 0.5) is 0 Å². The largest absolute Gasteiger partial charge is 0.482 e. The van der Waals surface area contributed by atoms with Crippen LogP contribution in [-0.2, 0) is 4.79 Å². The zero-order valence-electron chi connectivity index (χ0n) is 10.6. The van der Waals surface area contributed by atoms with E-state index in [0.29, 0.717) is 17.9 Å². The summed E-state index contributed by atoms with van der Waals surface area (Å²) >= 11 is 0. The molecular formula is C14H16N2O3. The van der Waals surface area contributed by atoms with Crippen LogP contribution in [0.15, 0.2) is 24.3 Å². The second-order valence-electron chi connectivity index (χ2n) is 4.44. The van der Waals surface area contributed by atoms with E-state index in [4.69, 9.17) is 15.1 Å². The maximum absolute atomic E-state index is 12.0. The minimum absolute atomic E-state index is 0.0446. The molecule has 1 aliphatic carbocycles. The van der Waals surface area contributed by atoms with Crippen molar-refractivity contribution in [3.63, 3.8) is 0 Å². The third-order valence-electron chi connectivity index (χ3n) is 3.01. The number of hydrogen-bond acceptors (Lipinski definition) is 4. The number of nitrogens with zero attached hydrogens (tertiary/aromatic N) is 2. The summed E-state index contributed by atoms with van der Waals surface area (Å²) in [5.41, 5.74) is 0.412. The second-order valence-corrected chi connectivity index (χ2v) is 4.44. The van der Waals surface area contributed by atoms with Gasteiger partial charge >= 0.3 is 0 Å². The summed E-state index contributed by atoms with van der Waals surface area (Å²) in [5, 5.41) is 17.9. The standard InChI is InChI=1S/C14H16N2O3/c15-9-11-3-1-2-4-13(11)19-10-14(18)16(7-8-17)12-5-6-12/h1-4,12,17H,5-8,10H2. The van der Waals surface area contributed by atoms with Gasteiger partial charge in [-0.1, -0.05) is 12.1 Å². The lowest BCUT2D eigenvalue weighted by Gasteiger charge is -2.21. The lowest BCUT2D eigenvalue weighted by Crippen LogP contribution is -2.38. The third kappa shape index (κ3) is 3.46. The molecule has 0 radical (unpaired) electrons. The Balaban J connectivity index is 1.94. The second kappa shape index (κ2) is 6.21. The van der Waals surface area contributed by atoms with Crippen molar-refractivity contribution in [2.24, 2.45) is 0 Å². The van der Waals surface area contributed by atoms with Crippen LogP contribution in [0.3, 0.4) is 0 Å². The highest BCUT2D eigenvalue weighted by Gasteiger charge is 2.32. The highest BCUT2D eigenvalue weighted by Crippen LogP contribution is 2.26. The van der Waals surface area contributed by atoms with Gasteiger partial charge < -0.3 is 14.7 Å². The summed E-state index contributed by atoms with van der Waals surface area (Å²) in [7, 11) is 0. The zero-order chi connectivity index (χ0) is 13.7. The van der Waals surface area contributed by atoms with Gasteiger partial charge in [0, 0.05) is 12.6 Å². The van der Waals surface area contributed by atoms with Gasteiger partial charge in [0.15, 0.2) is 6.61 Å². The Morgan fingerprint density at radius 3 is 2.84 bits per heavy atom. The SMILES string of the molecule is N#Cc1ccccc1OCC(=O)N(CCO)C1CC1. The van der Waals surface area contributed by atoms with Crippen LogP contribution >= 0.6 is 0 Å². The number of amides is 1. The molecule has 0 bridgehead atoms. The highest BCUT2D eigenvalue weighted by atomic mass is 16.5. The van der Waals surface area contributed by atoms with Gasteiger partial charge in [0.1, 0.15) is 11.8 Å². The molecule has 0 aromatic heterocycles. The molecule has 1 fully saturated rings. The van der Waals surface area contributed by atoms with Gasteiger partial charge in [-0.15, -0.1) is 0 Å². The predicted molar refractivity (Wildman–Crippen MR) is 68.5 cm³/mol. The summed E-state index contributed by atoms with van der Waals surface area (Å²) in [6.45, 7) is 0.193.